The topological polar surface area (TPSA) is 45.3 Å². The van der Waals surface area contributed by atoms with Crippen LogP contribution in [0, 0.1) is 0 Å². The number of H-pyrrole nitrogens is 1. The third-order valence-electron chi connectivity index (χ3n) is 3.58. The van der Waals surface area contributed by atoms with Gasteiger partial charge in [0.1, 0.15) is 0 Å². The predicted molar refractivity (Wildman–Crippen MR) is 85.5 cm³/mol. The lowest BCUT2D eigenvalue weighted by molar-refractivity contribution is -0.143. The van der Waals surface area contributed by atoms with Crippen LogP contribution < -0.4 is 0 Å². The van der Waals surface area contributed by atoms with Gasteiger partial charge in [-0.05, 0) is 57.1 Å². The Morgan fingerprint density at radius 3 is 2.81 bits per heavy atom. The summed E-state index contributed by atoms with van der Waals surface area (Å²) in [6.07, 6.45) is 4.28. The van der Waals surface area contributed by atoms with Crippen molar-refractivity contribution < 1.29 is 9.53 Å². The molecule has 1 aromatic carbocycles. The fraction of sp³-hybridized carbons (Fsp3) is 0.471. The number of aryl methyl sites for hydroxylation is 1. The lowest BCUT2D eigenvalue weighted by atomic mass is 10.0. The number of nitrogens with zero attached hydrogens (tertiary/aromatic N) is 1. The number of aromatic amines is 1. The number of aromatic nitrogens is 1. The smallest absolute Gasteiger partial charge is 0.306 e. The van der Waals surface area contributed by atoms with Crippen LogP contribution in [0.25, 0.3) is 10.9 Å². The highest BCUT2D eigenvalue weighted by Gasteiger charge is 2.07. The van der Waals surface area contributed by atoms with Crippen LogP contribution in [0.1, 0.15) is 24.5 Å². The van der Waals surface area contributed by atoms with Crippen molar-refractivity contribution >= 4 is 16.9 Å². The maximum atomic E-state index is 11.4. The molecule has 4 nitrogen and oxygen atoms in total. The molecule has 0 unspecified atom stereocenters. The first kappa shape index (κ1) is 15.6. The Hall–Kier alpha value is -1.81. The van der Waals surface area contributed by atoms with E-state index in [4.69, 9.17) is 4.74 Å². The summed E-state index contributed by atoms with van der Waals surface area (Å²) in [6, 6.07) is 6.36. The molecule has 1 aromatic heterocycles. The molecule has 0 bridgehead atoms. The second kappa shape index (κ2) is 7.27. The Kier molecular flexibility index (Phi) is 5.39. The summed E-state index contributed by atoms with van der Waals surface area (Å²) in [5.74, 6) is -0.125. The lowest BCUT2D eigenvalue weighted by Crippen LogP contribution is -2.14. The number of ether oxygens (including phenoxy) is 1. The van der Waals surface area contributed by atoms with Crippen molar-refractivity contribution in [3.8, 4) is 0 Å². The summed E-state index contributed by atoms with van der Waals surface area (Å²) >= 11 is 0. The Balaban J connectivity index is 2.08. The van der Waals surface area contributed by atoms with E-state index >= 15 is 0 Å². The fourth-order valence-corrected chi connectivity index (χ4v) is 2.41. The minimum Gasteiger partial charge on any atom is -0.466 e. The Labute approximate surface area is 126 Å². The van der Waals surface area contributed by atoms with Crippen LogP contribution in [0.15, 0.2) is 24.4 Å². The van der Waals surface area contributed by atoms with Crippen LogP contribution in [-0.2, 0) is 22.4 Å². The fourth-order valence-electron chi connectivity index (χ4n) is 2.41. The van der Waals surface area contributed by atoms with Crippen LogP contribution in [0.5, 0.6) is 0 Å². The van der Waals surface area contributed by atoms with Gasteiger partial charge in [0.05, 0.1) is 6.61 Å². The van der Waals surface area contributed by atoms with E-state index < -0.39 is 0 Å². The van der Waals surface area contributed by atoms with Gasteiger partial charge in [-0.25, -0.2) is 0 Å². The largest absolute Gasteiger partial charge is 0.466 e. The van der Waals surface area contributed by atoms with E-state index in [1.165, 1.54) is 16.5 Å². The lowest BCUT2D eigenvalue weighted by Gasteiger charge is -2.08. The number of hydrogen-bond donors (Lipinski definition) is 1. The Morgan fingerprint density at radius 2 is 2.10 bits per heavy atom. The minimum absolute atomic E-state index is 0.125. The van der Waals surface area contributed by atoms with Crippen molar-refractivity contribution in [1.29, 1.82) is 0 Å². The second-order valence-corrected chi connectivity index (χ2v) is 5.55. The third kappa shape index (κ3) is 4.33. The number of esters is 1. The van der Waals surface area contributed by atoms with Gasteiger partial charge in [0, 0.05) is 30.1 Å². The van der Waals surface area contributed by atoms with E-state index in [2.05, 4.69) is 48.4 Å². The van der Waals surface area contributed by atoms with E-state index in [0.29, 0.717) is 13.0 Å². The highest BCUT2D eigenvalue weighted by Crippen LogP contribution is 2.21. The first-order valence-corrected chi connectivity index (χ1v) is 7.49. The van der Waals surface area contributed by atoms with E-state index in [1.807, 2.05) is 6.92 Å². The predicted octanol–water partition coefficient (Wildman–Crippen LogP) is 2.77. The molecule has 0 aliphatic heterocycles. The average molecular weight is 288 g/mol. The Morgan fingerprint density at radius 1 is 1.29 bits per heavy atom. The number of rotatable bonds is 7. The first-order chi connectivity index (χ1) is 10.1. The Bertz CT molecular complexity index is 602. The molecule has 2 rings (SSSR count). The number of hydrogen-bond acceptors (Lipinski definition) is 3. The molecule has 114 valence electrons. The molecule has 1 N–H and O–H groups in total. The molecule has 0 saturated carbocycles. The molecule has 0 saturated heterocycles. The van der Waals surface area contributed by atoms with Gasteiger partial charge in [0.25, 0.3) is 0 Å². The molecule has 21 heavy (non-hydrogen) atoms. The quantitative estimate of drug-likeness (QED) is 0.797. The summed E-state index contributed by atoms with van der Waals surface area (Å²) in [6.45, 7) is 3.31. The zero-order valence-corrected chi connectivity index (χ0v) is 13.1. The zero-order valence-electron chi connectivity index (χ0n) is 13.1. The van der Waals surface area contributed by atoms with Crippen molar-refractivity contribution in [2.75, 3.05) is 27.2 Å². The first-order valence-electron chi connectivity index (χ1n) is 7.49. The number of nitrogens with one attached hydrogen (secondary N) is 1. The molecular formula is C17H24N2O2. The molecule has 0 aliphatic rings. The van der Waals surface area contributed by atoms with Crippen molar-refractivity contribution in [3.63, 3.8) is 0 Å². The zero-order chi connectivity index (χ0) is 15.2. The summed E-state index contributed by atoms with van der Waals surface area (Å²) in [4.78, 5) is 16.9. The molecule has 0 fully saturated rings. The molecule has 0 radical (unpaired) electrons. The van der Waals surface area contributed by atoms with E-state index in [9.17, 15) is 4.79 Å². The normalized spacial score (nSPS) is 11.2. The van der Waals surface area contributed by atoms with Crippen LogP contribution in [0.3, 0.4) is 0 Å². The van der Waals surface area contributed by atoms with Crippen LogP contribution >= 0.6 is 0 Å². The molecule has 0 spiro atoms. The minimum atomic E-state index is -0.125. The SMILES string of the molecule is CCOC(=O)CCc1ccc2[nH]cc(CCN(C)C)c2c1. The van der Waals surface area contributed by atoms with Crippen LogP contribution in [0.4, 0.5) is 0 Å². The van der Waals surface area contributed by atoms with Gasteiger partial charge in [0.15, 0.2) is 0 Å². The van der Waals surface area contributed by atoms with Gasteiger partial charge in [-0.3, -0.25) is 4.79 Å². The number of likely N-dealkylation sites (N-methyl/N-ethyl adjacent to an activating group) is 1. The van der Waals surface area contributed by atoms with Gasteiger partial charge in [-0.2, -0.15) is 0 Å². The van der Waals surface area contributed by atoms with Gasteiger partial charge in [-0.15, -0.1) is 0 Å². The third-order valence-corrected chi connectivity index (χ3v) is 3.58. The highest BCUT2D eigenvalue weighted by atomic mass is 16.5. The maximum Gasteiger partial charge on any atom is 0.306 e. The number of fused-ring (bicyclic) bond motifs is 1. The molecule has 0 atom stereocenters. The monoisotopic (exact) mass is 288 g/mol. The van der Waals surface area contributed by atoms with Crippen LogP contribution in [0.2, 0.25) is 0 Å². The van der Waals surface area contributed by atoms with E-state index in [-0.39, 0.29) is 5.97 Å². The molecule has 0 amide bonds. The number of benzene rings is 1. The summed E-state index contributed by atoms with van der Waals surface area (Å²) < 4.78 is 4.97. The number of carbonyl (C=O) groups excluding carboxylic acids is 1. The highest BCUT2D eigenvalue weighted by molar-refractivity contribution is 5.84. The van der Waals surface area contributed by atoms with Gasteiger partial charge in [0.2, 0.25) is 0 Å². The van der Waals surface area contributed by atoms with Crippen LogP contribution in [-0.4, -0.2) is 43.1 Å². The van der Waals surface area contributed by atoms with E-state index in [1.54, 1.807) is 0 Å². The summed E-state index contributed by atoms with van der Waals surface area (Å²) in [7, 11) is 4.17. The second-order valence-electron chi connectivity index (χ2n) is 5.55. The van der Waals surface area contributed by atoms with Crippen molar-refractivity contribution in [1.82, 2.24) is 9.88 Å². The van der Waals surface area contributed by atoms with E-state index in [0.717, 1.165) is 24.9 Å². The number of carbonyl (C=O) groups is 1. The van der Waals surface area contributed by atoms with Crippen molar-refractivity contribution in [2.45, 2.75) is 26.2 Å². The maximum absolute atomic E-state index is 11.4. The average Bonchev–Trinajstić information content (AvgIpc) is 2.85. The molecule has 4 heteroatoms. The van der Waals surface area contributed by atoms with Gasteiger partial charge < -0.3 is 14.6 Å². The molecule has 2 aromatic rings. The van der Waals surface area contributed by atoms with Gasteiger partial charge >= 0.3 is 5.97 Å². The van der Waals surface area contributed by atoms with Crippen molar-refractivity contribution in [3.05, 3.63) is 35.5 Å². The molecule has 1 heterocycles. The summed E-state index contributed by atoms with van der Waals surface area (Å²) in [5, 5.41) is 1.26. The molecule has 0 aliphatic carbocycles. The molecular weight excluding hydrogens is 264 g/mol. The summed E-state index contributed by atoms with van der Waals surface area (Å²) in [5.41, 5.74) is 3.67. The van der Waals surface area contributed by atoms with Crippen molar-refractivity contribution in [2.24, 2.45) is 0 Å². The van der Waals surface area contributed by atoms with Gasteiger partial charge in [-0.1, -0.05) is 6.07 Å². The standard InChI is InChI=1S/C17H24N2O2/c1-4-21-17(20)8-6-13-5-7-16-15(11-13)14(12-18-16)9-10-19(2)3/h5,7,11-12,18H,4,6,8-10H2,1-3H3.